The molecule has 0 heterocycles. The summed E-state index contributed by atoms with van der Waals surface area (Å²) in [5.74, 6) is 0.0926. The summed E-state index contributed by atoms with van der Waals surface area (Å²) in [6.45, 7) is 4.25. The second kappa shape index (κ2) is 2.06. The fourth-order valence-electron chi connectivity index (χ4n) is 0. The monoisotopic (exact) mass is 75.1 g/mol. The summed E-state index contributed by atoms with van der Waals surface area (Å²) < 4.78 is 11.0. The second-order valence-corrected chi connectivity index (χ2v) is 1.37. The van der Waals surface area contributed by atoms with Crippen LogP contribution < -0.4 is 0 Å². The lowest BCUT2D eigenvalue weighted by molar-refractivity contribution is 0.506. The molecule has 0 radical (unpaired) electrons. The van der Waals surface area contributed by atoms with Crippen molar-refractivity contribution in [3.8, 4) is 0 Å². The van der Waals surface area contributed by atoms with Crippen LogP contribution in [0.1, 0.15) is 13.8 Å². The molecule has 0 amide bonds. The number of rotatable bonds is 1. The number of hydrogen-bond acceptors (Lipinski definition) is 0. The van der Waals surface area contributed by atoms with E-state index >= 15 is 0 Å². The molecule has 1 heteroatoms. The lowest BCUT2D eigenvalue weighted by Gasteiger charge is -1.73. The summed E-state index contributed by atoms with van der Waals surface area (Å²) in [5, 5.41) is 0. The van der Waals surface area contributed by atoms with Crippen LogP contribution in [-0.4, -0.2) is 0 Å². The van der Waals surface area contributed by atoms with Crippen molar-refractivity contribution in [1.82, 2.24) is 0 Å². The Morgan fingerprint density at radius 2 is 1.80 bits per heavy atom. The van der Waals surface area contributed by atoms with Gasteiger partial charge in [0, 0.05) is 0 Å². The first-order chi connectivity index (χ1) is 2.27. The Labute approximate surface area is 32.0 Å². The normalized spacial score (nSPS) is 8.80. The highest BCUT2D eigenvalue weighted by molar-refractivity contribution is 4.49. The van der Waals surface area contributed by atoms with Crippen molar-refractivity contribution in [2.75, 3.05) is 0 Å². The van der Waals surface area contributed by atoms with Crippen LogP contribution in [0.3, 0.4) is 0 Å². The maximum atomic E-state index is 11.0. The standard InChI is InChI=1S/C4H8F/c1-4(2)3-5/h3-4H,1-2H3/q+1. The zero-order chi connectivity index (χ0) is 4.28. The quantitative estimate of drug-likeness (QED) is 0.417. The van der Waals surface area contributed by atoms with E-state index in [4.69, 9.17) is 0 Å². The van der Waals surface area contributed by atoms with Crippen LogP contribution in [-0.2, 0) is 0 Å². The van der Waals surface area contributed by atoms with Gasteiger partial charge in [0.1, 0.15) is 5.92 Å². The Kier molecular flexibility index (Phi) is 1.98. The van der Waals surface area contributed by atoms with Gasteiger partial charge in [-0.25, -0.2) is 0 Å². The van der Waals surface area contributed by atoms with Gasteiger partial charge in [-0.15, -0.1) is 0 Å². The molecule has 0 spiro atoms. The molecule has 0 unspecified atom stereocenters. The fourth-order valence-corrected chi connectivity index (χ4v) is 0. The van der Waals surface area contributed by atoms with E-state index < -0.39 is 0 Å². The third kappa shape index (κ3) is 3.80. The van der Waals surface area contributed by atoms with Gasteiger partial charge in [-0.2, -0.15) is 0 Å². The van der Waals surface area contributed by atoms with Gasteiger partial charge in [0.2, 0.25) is 0 Å². The Morgan fingerprint density at radius 3 is 1.80 bits per heavy atom. The largest absolute Gasteiger partial charge is 0.287 e. The highest BCUT2D eigenvalue weighted by atomic mass is 19.1. The molecule has 0 aliphatic carbocycles. The minimum Gasteiger partial charge on any atom is -0.0182 e. The highest BCUT2D eigenvalue weighted by Gasteiger charge is 1.98. The van der Waals surface area contributed by atoms with E-state index in [1.807, 2.05) is 0 Å². The van der Waals surface area contributed by atoms with E-state index in [-0.39, 0.29) is 5.92 Å². The van der Waals surface area contributed by atoms with Crippen molar-refractivity contribution < 1.29 is 4.39 Å². The summed E-state index contributed by atoms with van der Waals surface area (Å²) in [6, 6.07) is 0. The predicted octanol–water partition coefficient (Wildman–Crippen LogP) is 1.77. The molecule has 0 aromatic heterocycles. The summed E-state index contributed by atoms with van der Waals surface area (Å²) in [6.07, 6.45) is 0. The fraction of sp³-hybridized carbons (Fsp3) is 0.750. The first-order valence-electron chi connectivity index (χ1n) is 1.71. The van der Waals surface area contributed by atoms with Crippen molar-refractivity contribution in [3.05, 3.63) is 6.67 Å². The van der Waals surface area contributed by atoms with E-state index in [9.17, 15) is 4.39 Å². The van der Waals surface area contributed by atoms with E-state index in [0.29, 0.717) is 6.67 Å². The van der Waals surface area contributed by atoms with Gasteiger partial charge in [-0.05, 0) is 18.2 Å². The van der Waals surface area contributed by atoms with Crippen LogP contribution in [0.25, 0.3) is 0 Å². The maximum absolute atomic E-state index is 11.0. The first-order valence-corrected chi connectivity index (χ1v) is 1.71. The molecule has 0 saturated heterocycles. The van der Waals surface area contributed by atoms with E-state index in [1.165, 1.54) is 0 Å². The topological polar surface area (TPSA) is 0 Å². The van der Waals surface area contributed by atoms with Crippen LogP contribution in [0.15, 0.2) is 0 Å². The summed E-state index contributed by atoms with van der Waals surface area (Å²) in [4.78, 5) is 0. The third-order valence-corrected chi connectivity index (χ3v) is 0.252. The minimum absolute atomic E-state index is 0.0926. The molecule has 0 bridgehead atoms. The SMILES string of the molecule is CC(C)[CH+]F. The Hall–Kier alpha value is -0.200. The molecule has 0 aromatic carbocycles. The average Bonchev–Trinajstić information content (AvgIpc) is 1.38. The molecule has 0 aliphatic rings. The number of hydrogen-bond donors (Lipinski definition) is 0. The van der Waals surface area contributed by atoms with Gasteiger partial charge in [-0.1, -0.05) is 0 Å². The van der Waals surface area contributed by atoms with Crippen LogP contribution >= 0.6 is 0 Å². The first kappa shape index (κ1) is 4.80. The molecule has 0 aromatic rings. The molecule has 0 nitrogen and oxygen atoms in total. The molecule has 30 valence electrons. The summed E-state index contributed by atoms with van der Waals surface area (Å²) in [5.41, 5.74) is 0. The van der Waals surface area contributed by atoms with Gasteiger partial charge in [-0.3, -0.25) is 0 Å². The van der Waals surface area contributed by atoms with Gasteiger partial charge >= 0.3 is 0 Å². The van der Waals surface area contributed by atoms with Crippen LogP contribution in [0.4, 0.5) is 4.39 Å². The zero-order valence-electron chi connectivity index (χ0n) is 3.53. The third-order valence-electron chi connectivity index (χ3n) is 0.252. The van der Waals surface area contributed by atoms with E-state index in [2.05, 4.69) is 0 Å². The molecule has 0 N–H and O–H groups in total. The molecule has 0 aliphatic heterocycles. The average molecular weight is 75.1 g/mol. The van der Waals surface area contributed by atoms with Gasteiger partial charge < -0.3 is 0 Å². The van der Waals surface area contributed by atoms with Crippen LogP contribution in [0.2, 0.25) is 0 Å². The van der Waals surface area contributed by atoms with Gasteiger partial charge in [0.15, 0.2) is 0 Å². The second-order valence-electron chi connectivity index (χ2n) is 1.37. The van der Waals surface area contributed by atoms with Crippen LogP contribution in [0.5, 0.6) is 0 Å². The van der Waals surface area contributed by atoms with E-state index in [0.717, 1.165) is 0 Å². The van der Waals surface area contributed by atoms with Gasteiger partial charge in [0.05, 0.1) is 0 Å². The van der Waals surface area contributed by atoms with E-state index in [1.54, 1.807) is 13.8 Å². The smallest absolute Gasteiger partial charge is 0.0182 e. The van der Waals surface area contributed by atoms with Crippen molar-refractivity contribution in [2.24, 2.45) is 5.92 Å². The summed E-state index contributed by atoms with van der Waals surface area (Å²) in [7, 11) is 0. The highest BCUT2D eigenvalue weighted by Crippen LogP contribution is 1.94. The maximum Gasteiger partial charge on any atom is 0.287 e. The predicted molar refractivity (Wildman–Crippen MR) is 20.2 cm³/mol. The molecule has 0 rings (SSSR count). The molecule has 0 atom stereocenters. The minimum atomic E-state index is 0.0926. The lowest BCUT2D eigenvalue weighted by atomic mass is 10.3. The Bertz CT molecular complexity index is 17.6. The summed E-state index contributed by atoms with van der Waals surface area (Å²) >= 11 is 0. The Morgan fingerprint density at radius 1 is 1.60 bits per heavy atom. The molecular formula is C4H8F+. The van der Waals surface area contributed by atoms with Crippen molar-refractivity contribution in [3.63, 3.8) is 0 Å². The molecule has 0 saturated carbocycles. The van der Waals surface area contributed by atoms with Crippen molar-refractivity contribution >= 4 is 0 Å². The molecule has 0 fully saturated rings. The molecule has 5 heavy (non-hydrogen) atoms. The molecular weight excluding hydrogens is 67.0 g/mol. The van der Waals surface area contributed by atoms with Gasteiger partial charge in [0.25, 0.3) is 6.67 Å². The van der Waals surface area contributed by atoms with Crippen LogP contribution in [0, 0.1) is 12.6 Å². The lowest BCUT2D eigenvalue weighted by Crippen LogP contribution is -1.77. The zero-order valence-corrected chi connectivity index (χ0v) is 3.53. The Balaban J connectivity index is 2.54. The number of halogens is 1. The van der Waals surface area contributed by atoms with Crippen molar-refractivity contribution in [1.29, 1.82) is 0 Å². The van der Waals surface area contributed by atoms with Crippen molar-refractivity contribution in [2.45, 2.75) is 13.8 Å².